The number of pyridine rings is 1. The fourth-order valence-corrected chi connectivity index (χ4v) is 4.19. The highest BCUT2D eigenvalue weighted by Crippen LogP contribution is 2.37. The number of hydrogen-bond donors (Lipinski definition) is 1. The smallest absolute Gasteiger partial charge is 0.410 e. The highest BCUT2D eigenvalue weighted by Gasteiger charge is 2.41. The Labute approximate surface area is 191 Å². The predicted molar refractivity (Wildman–Crippen MR) is 127 cm³/mol. The number of anilines is 2. The van der Waals surface area contributed by atoms with Crippen LogP contribution in [0.2, 0.25) is 18.1 Å². The van der Waals surface area contributed by atoms with Crippen molar-refractivity contribution in [1.29, 1.82) is 0 Å². The number of amides is 1. The van der Waals surface area contributed by atoms with Gasteiger partial charge in [0, 0.05) is 25.8 Å². The Morgan fingerprint density at radius 2 is 1.91 bits per heavy atom. The zero-order chi connectivity index (χ0) is 24.5. The maximum absolute atomic E-state index is 12.9. The number of rotatable bonds is 5. The molecule has 1 aliphatic heterocycles. The topological polar surface area (TPSA) is 124 Å². The third-order valence-corrected chi connectivity index (χ3v) is 10.5. The summed E-state index contributed by atoms with van der Waals surface area (Å²) in [5.74, 6) is 0.205. The Morgan fingerprint density at radius 3 is 2.44 bits per heavy atom. The quantitative estimate of drug-likeness (QED) is 0.391. The van der Waals surface area contributed by atoms with Crippen LogP contribution in [0, 0.1) is 10.1 Å². The number of aromatic nitrogens is 1. The molecular weight excluding hydrogens is 430 g/mol. The lowest BCUT2D eigenvalue weighted by Crippen LogP contribution is -2.59. The molecule has 2 heterocycles. The van der Waals surface area contributed by atoms with Crippen molar-refractivity contribution in [2.75, 3.05) is 36.9 Å². The average molecular weight is 468 g/mol. The molecule has 11 heteroatoms. The molecule has 0 unspecified atom stereocenters. The lowest BCUT2D eigenvalue weighted by Gasteiger charge is -2.44. The van der Waals surface area contributed by atoms with Gasteiger partial charge in [-0.15, -0.1) is 0 Å². The first kappa shape index (κ1) is 25.9. The summed E-state index contributed by atoms with van der Waals surface area (Å²) in [7, 11) is -2.08. The molecule has 0 aromatic carbocycles. The average Bonchev–Trinajstić information content (AvgIpc) is 2.63. The first-order valence-electron chi connectivity index (χ1n) is 10.8. The second-order valence-electron chi connectivity index (χ2n) is 10.7. The van der Waals surface area contributed by atoms with Crippen molar-refractivity contribution in [3.63, 3.8) is 0 Å². The van der Waals surface area contributed by atoms with Gasteiger partial charge in [0.05, 0.1) is 17.6 Å². The van der Waals surface area contributed by atoms with Crippen molar-refractivity contribution in [2.24, 2.45) is 0 Å². The van der Waals surface area contributed by atoms with Gasteiger partial charge < -0.3 is 19.8 Å². The van der Waals surface area contributed by atoms with E-state index in [1.54, 1.807) is 9.80 Å². The van der Waals surface area contributed by atoms with Crippen LogP contribution in [0.4, 0.5) is 22.0 Å². The second kappa shape index (κ2) is 9.22. The van der Waals surface area contributed by atoms with Gasteiger partial charge in [0.25, 0.3) is 0 Å². The SMILES string of the molecule is CC(C)(C)OC(=O)N1CCN(c2nccc(N)c2[N+](=O)[O-])C[C@@H]1CO[Si](C)(C)C(C)(C)C. The van der Waals surface area contributed by atoms with E-state index in [4.69, 9.17) is 14.9 Å². The van der Waals surface area contributed by atoms with Gasteiger partial charge in [0.15, 0.2) is 8.32 Å². The monoisotopic (exact) mass is 467 g/mol. The molecule has 0 saturated carbocycles. The van der Waals surface area contributed by atoms with Crippen molar-refractivity contribution in [2.45, 2.75) is 71.3 Å². The van der Waals surface area contributed by atoms with Crippen LogP contribution in [-0.2, 0) is 9.16 Å². The number of hydrogen-bond acceptors (Lipinski definition) is 8. The first-order chi connectivity index (χ1) is 14.5. The normalized spacial score (nSPS) is 17.9. The van der Waals surface area contributed by atoms with Crippen LogP contribution in [0.3, 0.4) is 0 Å². The summed E-state index contributed by atoms with van der Waals surface area (Å²) in [4.78, 5) is 31.7. The number of carbonyl (C=O) groups excluding carboxylic acids is 1. The van der Waals surface area contributed by atoms with E-state index in [0.717, 1.165) is 0 Å². The Morgan fingerprint density at radius 1 is 1.28 bits per heavy atom. The summed E-state index contributed by atoms with van der Waals surface area (Å²) in [6, 6.07) is 1.06. The fraction of sp³-hybridized carbons (Fsp3) is 0.714. The van der Waals surface area contributed by atoms with E-state index in [1.807, 2.05) is 20.8 Å². The third-order valence-electron chi connectivity index (χ3n) is 5.97. The molecule has 2 N–H and O–H groups in total. The van der Waals surface area contributed by atoms with Gasteiger partial charge in [0.1, 0.15) is 11.3 Å². The van der Waals surface area contributed by atoms with E-state index in [1.165, 1.54) is 12.3 Å². The Kier molecular flexibility index (Phi) is 7.45. The van der Waals surface area contributed by atoms with E-state index in [0.29, 0.717) is 26.2 Å². The van der Waals surface area contributed by atoms with Crippen molar-refractivity contribution in [3.05, 3.63) is 22.4 Å². The molecule has 180 valence electrons. The fourth-order valence-electron chi connectivity index (χ4n) is 3.15. The standard InChI is InChI=1S/C21H37N5O5Si/c1-20(2,3)31-19(27)25-12-11-24(18-17(26(28)29)16(22)9-10-23-18)13-15(25)14-30-32(7,8)21(4,5)6/h9-10,15H,11-14H2,1-8H3,(H2,22,23)/t15-/m1/s1. The van der Waals surface area contributed by atoms with E-state index in [2.05, 4.69) is 38.8 Å². The minimum Gasteiger partial charge on any atom is -0.444 e. The minimum atomic E-state index is -2.08. The number of nitrogen functional groups attached to an aromatic ring is 1. The van der Waals surface area contributed by atoms with Gasteiger partial charge in [-0.25, -0.2) is 9.78 Å². The summed E-state index contributed by atoms with van der Waals surface area (Å²) >= 11 is 0. The summed E-state index contributed by atoms with van der Waals surface area (Å²) < 4.78 is 12.0. The highest BCUT2D eigenvalue weighted by molar-refractivity contribution is 6.74. The van der Waals surface area contributed by atoms with Crippen LogP contribution in [-0.4, -0.2) is 67.1 Å². The minimum absolute atomic E-state index is 0.00628. The Hall–Kier alpha value is -2.40. The molecule has 0 radical (unpaired) electrons. The van der Waals surface area contributed by atoms with Gasteiger partial charge in [0.2, 0.25) is 5.82 Å². The zero-order valence-electron chi connectivity index (χ0n) is 20.5. The molecule has 1 aromatic heterocycles. The maximum Gasteiger partial charge on any atom is 0.410 e. The molecule has 0 spiro atoms. The van der Waals surface area contributed by atoms with Crippen molar-refractivity contribution >= 4 is 31.6 Å². The number of nitrogens with two attached hydrogens (primary N) is 1. The van der Waals surface area contributed by atoms with Crippen molar-refractivity contribution in [3.8, 4) is 0 Å². The molecule has 1 saturated heterocycles. The highest BCUT2D eigenvalue weighted by atomic mass is 28.4. The maximum atomic E-state index is 12.9. The summed E-state index contributed by atoms with van der Waals surface area (Å²) in [6.07, 6.45) is 1.04. The van der Waals surface area contributed by atoms with Crippen LogP contribution in [0.1, 0.15) is 41.5 Å². The molecule has 1 amide bonds. The number of nitro groups is 1. The van der Waals surface area contributed by atoms with Crippen LogP contribution in [0.5, 0.6) is 0 Å². The molecule has 1 atom stereocenters. The Balaban J connectivity index is 2.33. The van der Waals surface area contributed by atoms with Gasteiger partial charge in [-0.3, -0.25) is 15.0 Å². The number of nitrogens with zero attached hydrogens (tertiary/aromatic N) is 4. The summed E-state index contributed by atoms with van der Waals surface area (Å²) in [5.41, 5.74) is 5.07. The van der Waals surface area contributed by atoms with Crippen molar-refractivity contribution in [1.82, 2.24) is 9.88 Å². The van der Waals surface area contributed by atoms with Crippen LogP contribution in [0.15, 0.2) is 12.3 Å². The summed E-state index contributed by atoms with van der Waals surface area (Å²) in [6.45, 7) is 17.5. The first-order valence-corrected chi connectivity index (χ1v) is 13.7. The summed E-state index contributed by atoms with van der Waals surface area (Å²) in [5, 5.41) is 11.6. The Bertz CT molecular complexity index is 850. The van der Waals surface area contributed by atoms with Crippen LogP contribution in [0.25, 0.3) is 0 Å². The lowest BCUT2D eigenvalue weighted by atomic mass is 10.1. The number of carbonyl (C=O) groups is 1. The molecular formula is C21H37N5O5Si. The third kappa shape index (κ3) is 6.09. The largest absolute Gasteiger partial charge is 0.444 e. The van der Waals surface area contributed by atoms with Crippen LogP contribution < -0.4 is 10.6 Å². The second-order valence-corrected chi connectivity index (χ2v) is 15.5. The van der Waals surface area contributed by atoms with Gasteiger partial charge in [-0.2, -0.15) is 0 Å². The lowest BCUT2D eigenvalue weighted by molar-refractivity contribution is -0.383. The molecule has 1 aromatic rings. The predicted octanol–water partition coefficient (Wildman–Crippen LogP) is 4.02. The van der Waals surface area contributed by atoms with Crippen molar-refractivity contribution < 1.29 is 18.9 Å². The number of ether oxygens (including phenoxy) is 1. The molecule has 0 bridgehead atoms. The van der Waals surface area contributed by atoms with E-state index < -0.39 is 24.9 Å². The molecule has 1 aliphatic rings. The van der Waals surface area contributed by atoms with Gasteiger partial charge in [-0.1, -0.05) is 20.8 Å². The van der Waals surface area contributed by atoms with Gasteiger partial charge in [-0.05, 0) is 45.0 Å². The molecule has 10 nitrogen and oxygen atoms in total. The number of piperazine rings is 1. The zero-order valence-corrected chi connectivity index (χ0v) is 21.5. The molecule has 32 heavy (non-hydrogen) atoms. The van der Waals surface area contributed by atoms with Gasteiger partial charge >= 0.3 is 11.8 Å². The van der Waals surface area contributed by atoms with E-state index in [-0.39, 0.29) is 28.3 Å². The van der Waals surface area contributed by atoms with Crippen LogP contribution >= 0.6 is 0 Å². The molecule has 1 fully saturated rings. The molecule has 2 rings (SSSR count). The molecule has 0 aliphatic carbocycles. The van der Waals surface area contributed by atoms with E-state index >= 15 is 0 Å². The van der Waals surface area contributed by atoms with E-state index in [9.17, 15) is 14.9 Å².